The van der Waals surface area contributed by atoms with Gasteiger partial charge in [0.1, 0.15) is 0 Å². The predicted molar refractivity (Wildman–Crippen MR) is 97.5 cm³/mol. The molecule has 0 radical (unpaired) electrons. The molecule has 0 aliphatic rings. The fraction of sp³-hybridized carbons (Fsp3) is 0.294. The lowest BCUT2D eigenvalue weighted by Crippen LogP contribution is -2.08. The second-order valence-corrected chi connectivity index (χ2v) is 7.00. The number of hydrogen-bond donors (Lipinski definition) is 0. The van der Waals surface area contributed by atoms with Crippen molar-refractivity contribution in [2.24, 2.45) is 0 Å². The van der Waals surface area contributed by atoms with Gasteiger partial charge in [-0.1, -0.05) is 30.3 Å². The molecule has 0 aliphatic heterocycles. The van der Waals surface area contributed by atoms with Gasteiger partial charge in [-0.05, 0) is 54.1 Å². The minimum Gasteiger partial charge on any atom is -0.493 e. The van der Waals surface area contributed by atoms with Gasteiger partial charge in [0.15, 0.2) is 11.5 Å². The van der Waals surface area contributed by atoms with Gasteiger partial charge in [0.25, 0.3) is 0 Å². The lowest BCUT2D eigenvalue weighted by molar-refractivity contribution is 0.224. The Kier molecular flexibility index (Phi) is 6.23. The van der Waals surface area contributed by atoms with Crippen LogP contribution in [0, 0.1) is 3.57 Å². The molecule has 2 aromatic carbocycles. The molecule has 0 N–H and O–H groups in total. The Morgan fingerprint density at radius 1 is 1.10 bits per heavy atom. The maximum absolute atomic E-state index is 5.99. The standard InChI is InChI=1S/C17H19IO2S/c1-12(2)20-16-15(19-3)10-9-14(18)17(16)21-11-13-7-5-4-6-8-13/h4-10,12H,11H2,1-3H3. The first-order valence-electron chi connectivity index (χ1n) is 6.81. The van der Waals surface area contributed by atoms with Crippen molar-refractivity contribution >= 4 is 34.4 Å². The number of methoxy groups -OCH3 is 1. The smallest absolute Gasteiger partial charge is 0.176 e. The zero-order valence-electron chi connectivity index (χ0n) is 12.4. The first-order valence-corrected chi connectivity index (χ1v) is 8.88. The minimum atomic E-state index is 0.119. The maximum Gasteiger partial charge on any atom is 0.176 e. The van der Waals surface area contributed by atoms with Crippen LogP contribution >= 0.6 is 34.4 Å². The van der Waals surface area contributed by atoms with Gasteiger partial charge in [0.05, 0.1) is 18.1 Å². The summed E-state index contributed by atoms with van der Waals surface area (Å²) in [5, 5.41) is 0. The van der Waals surface area contributed by atoms with Gasteiger partial charge in [-0.2, -0.15) is 0 Å². The van der Waals surface area contributed by atoms with E-state index in [9.17, 15) is 0 Å². The summed E-state index contributed by atoms with van der Waals surface area (Å²) in [7, 11) is 1.68. The molecule has 0 aromatic heterocycles. The number of hydrogen-bond acceptors (Lipinski definition) is 3. The van der Waals surface area contributed by atoms with E-state index >= 15 is 0 Å². The molecule has 4 heteroatoms. The summed E-state index contributed by atoms with van der Waals surface area (Å²) in [5.41, 5.74) is 1.30. The van der Waals surface area contributed by atoms with Crippen molar-refractivity contribution in [1.82, 2.24) is 0 Å². The van der Waals surface area contributed by atoms with Gasteiger partial charge in [-0.15, -0.1) is 11.8 Å². The lowest BCUT2D eigenvalue weighted by Gasteiger charge is -2.18. The normalized spacial score (nSPS) is 10.7. The van der Waals surface area contributed by atoms with Crippen molar-refractivity contribution < 1.29 is 9.47 Å². The second kappa shape index (κ2) is 7.94. The van der Waals surface area contributed by atoms with E-state index in [-0.39, 0.29) is 6.10 Å². The third-order valence-corrected chi connectivity index (χ3v) is 5.26. The summed E-state index contributed by atoms with van der Waals surface area (Å²) < 4.78 is 12.6. The van der Waals surface area contributed by atoms with Crippen LogP contribution in [0.1, 0.15) is 19.4 Å². The highest BCUT2D eigenvalue weighted by atomic mass is 127. The summed E-state index contributed by atoms with van der Waals surface area (Å²) in [6.45, 7) is 4.07. The van der Waals surface area contributed by atoms with Gasteiger partial charge < -0.3 is 9.47 Å². The first-order chi connectivity index (χ1) is 10.1. The summed E-state index contributed by atoms with van der Waals surface area (Å²) >= 11 is 4.14. The zero-order valence-corrected chi connectivity index (χ0v) is 15.4. The molecule has 21 heavy (non-hydrogen) atoms. The predicted octanol–water partition coefficient (Wildman–Crippen LogP) is 5.38. The summed E-state index contributed by atoms with van der Waals surface area (Å²) in [6, 6.07) is 14.5. The molecule has 0 aliphatic carbocycles. The fourth-order valence-corrected chi connectivity index (χ4v) is 3.77. The number of halogens is 1. The first kappa shape index (κ1) is 16.5. The molecular weight excluding hydrogens is 395 g/mol. The molecule has 0 spiro atoms. The van der Waals surface area contributed by atoms with E-state index < -0.39 is 0 Å². The van der Waals surface area contributed by atoms with E-state index in [0.717, 1.165) is 22.1 Å². The van der Waals surface area contributed by atoms with Crippen LogP contribution in [-0.2, 0) is 5.75 Å². The summed E-state index contributed by atoms with van der Waals surface area (Å²) in [5.74, 6) is 2.55. The minimum absolute atomic E-state index is 0.119. The van der Waals surface area contributed by atoms with E-state index in [4.69, 9.17) is 9.47 Å². The van der Waals surface area contributed by atoms with E-state index in [2.05, 4.69) is 52.9 Å². The van der Waals surface area contributed by atoms with Crippen molar-refractivity contribution in [2.75, 3.05) is 7.11 Å². The molecule has 0 saturated heterocycles. The van der Waals surface area contributed by atoms with Crippen molar-refractivity contribution in [3.8, 4) is 11.5 Å². The Morgan fingerprint density at radius 2 is 1.81 bits per heavy atom. The average Bonchev–Trinajstić information content (AvgIpc) is 2.47. The quantitative estimate of drug-likeness (QED) is 0.467. The molecule has 0 atom stereocenters. The SMILES string of the molecule is COc1ccc(I)c(SCc2ccccc2)c1OC(C)C. The number of rotatable bonds is 6. The molecule has 0 saturated carbocycles. The van der Waals surface area contributed by atoms with Crippen LogP contribution in [0.25, 0.3) is 0 Å². The largest absolute Gasteiger partial charge is 0.493 e. The Hall–Kier alpha value is -0.880. The molecule has 2 aromatic rings. The highest BCUT2D eigenvalue weighted by Gasteiger charge is 2.16. The lowest BCUT2D eigenvalue weighted by atomic mass is 10.2. The fourth-order valence-electron chi connectivity index (χ4n) is 1.89. The Morgan fingerprint density at radius 3 is 2.43 bits per heavy atom. The maximum atomic E-state index is 5.99. The zero-order chi connectivity index (χ0) is 15.2. The van der Waals surface area contributed by atoms with Crippen molar-refractivity contribution in [1.29, 1.82) is 0 Å². The Bertz CT molecular complexity index is 585. The van der Waals surface area contributed by atoms with Crippen molar-refractivity contribution in [3.05, 3.63) is 51.6 Å². The van der Waals surface area contributed by atoms with Crippen LogP contribution in [-0.4, -0.2) is 13.2 Å². The van der Waals surface area contributed by atoms with Crippen molar-refractivity contribution in [2.45, 2.75) is 30.6 Å². The van der Waals surface area contributed by atoms with Crippen LogP contribution in [0.4, 0.5) is 0 Å². The molecule has 2 rings (SSSR count). The third-order valence-electron chi connectivity index (χ3n) is 2.83. The molecule has 112 valence electrons. The summed E-state index contributed by atoms with van der Waals surface area (Å²) in [6.07, 6.45) is 0.119. The van der Waals surface area contributed by atoms with Gasteiger partial charge >= 0.3 is 0 Å². The van der Waals surface area contributed by atoms with Crippen molar-refractivity contribution in [3.63, 3.8) is 0 Å². The van der Waals surface area contributed by atoms with Gasteiger partial charge in [-0.25, -0.2) is 0 Å². The van der Waals surface area contributed by atoms with Crippen LogP contribution in [0.3, 0.4) is 0 Å². The van der Waals surface area contributed by atoms with E-state index in [0.29, 0.717) is 0 Å². The van der Waals surface area contributed by atoms with Crippen LogP contribution < -0.4 is 9.47 Å². The molecule has 0 heterocycles. The molecule has 2 nitrogen and oxygen atoms in total. The van der Waals surface area contributed by atoms with Gasteiger partial charge in [0, 0.05) is 9.32 Å². The van der Waals surface area contributed by atoms with Crippen LogP contribution in [0.2, 0.25) is 0 Å². The number of benzene rings is 2. The molecular formula is C17H19IO2S. The van der Waals surface area contributed by atoms with Gasteiger partial charge in [0.2, 0.25) is 0 Å². The van der Waals surface area contributed by atoms with E-state index in [1.165, 1.54) is 9.13 Å². The van der Waals surface area contributed by atoms with E-state index in [1.807, 2.05) is 26.0 Å². The Labute approximate surface area is 144 Å². The number of ether oxygens (including phenoxy) is 2. The number of thioether (sulfide) groups is 1. The third kappa shape index (κ3) is 4.54. The Balaban J connectivity index is 2.27. The van der Waals surface area contributed by atoms with E-state index in [1.54, 1.807) is 18.9 Å². The highest BCUT2D eigenvalue weighted by Crippen LogP contribution is 2.42. The van der Waals surface area contributed by atoms with Gasteiger partial charge in [-0.3, -0.25) is 0 Å². The van der Waals surface area contributed by atoms with Crippen LogP contribution in [0.5, 0.6) is 11.5 Å². The highest BCUT2D eigenvalue weighted by molar-refractivity contribution is 14.1. The van der Waals surface area contributed by atoms with Crippen LogP contribution in [0.15, 0.2) is 47.4 Å². The molecule has 0 fully saturated rings. The molecule has 0 amide bonds. The summed E-state index contributed by atoms with van der Waals surface area (Å²) in [4.78, 5) is 1.15. The monoisotopic (exact) mass is 414 g/mol. The average molecular weight is 414 g/mol. The molecule has 0 unspecified atom stereocenters. The molecule has 0 bridgehead atoms. The second-order valence-electron chi connectivity index (χ2n) is 4.85. The topological polar surface area (TPSA) is 18.5 Å².